The summed E-state index contributed by atoms with van der Waals surface area (Å²) < 4.78 is 5.27. The van der Waals surface area contributed by atoms with Gasteiger partial charge in [0.05, 0.1) is 0 Å². The molecule has 1 aromatic heterocycles. The van der Waals surface area contributed by atoms with Crippen LogP contribution in [0.4, 0.5) is 0 Å². The number of nitrogens with zero attached hydrogens (tertiary/aromatic N) is 1. The molecule has 1 heterocycles. The van der Waals surface area contributed by atoms with Gasteiger partial charge in [0.2, 0.25) is 0 Å². The van der Waals surface area contributed by atoms with Crippen LogP contribution in [-0.2, 0) is 4.79 Å². The van der Waals surface area contributed by atoms with E-state index in [2.05, 4.69) is 16.8 Å². The second-order valence-corrected chi connectivity index (χ2v) is 4.34. The quantitative estimate of drug-likeness (QED) is 0.388. The van der Waals surface area contributed by atoms with Crippen molar-refractivity contribution in [1.29, 1.82) is 0 Å². The van der Waals surface area contributed by atoms with Crippen LogP contribution >= 0.6 is 0 Å². The summed E-state index contributed by atoms with van der Waals surface area (Å²) in [6.45, 7) is 0. The Hall–Kier alpha value is -3.12. The van der Waals surface area contributed by atoms with Gasteiger partial charge in [0.15, 0.2) is 5.75 Å². The SMILES string of the molecule is O=C(C#Cc1ccccc1)Oc1cccc2cccnc12. The lowest BCUT2D eigenvalue weighted by Crippen LogP contribution is -2.05. The van der Waals surface area contributed by atoms with Crippen molar-refractivity contribution in [2.24, 2.45) is 0 Å². The maximum absolute atomic E-state index is 11.8. The molecule has 0 amide bonds. The molecule has 3 heteroatoms. The van der Waals surface area contributed by atoms with Gasteiger partial charge in [0.1, 0.15) is 5.52 Å². The lowest BCUT2D eigenvalue weighted by atomic mass is 10.2. The summed E-state index contributed by atoms with van der Waals surface area (Å²) in [5.74, 6) is 5.06. The van der Waals surface area contributed by atoms with Gasteiger partial charge < -0.3 is 4.74 Å². The normalized spacial score (nSPS) is 9.71. The summed E-state index contributed by atoms with van der Waals surface area (Å²) in [5, 5.41) is 0.916. The average molecular weight is 273 g/mol. The minimum atomic E-state index is -0.600. The molecule has 0 saturated carbocycles. The number of fused-ring (bicyclic) bond motifs is 1. The fourth-order valence-corrected chi connectivity index (χ4v) is 1.93. The first-order valence-electron chi connectivity index (χ1n) is 6.45. The van der Waals surface area contributed by atoms with Gasteiger partial charge in [-0.15, -0.1) is 0 Å². The molecule has 0 aliphatic heterocycles. The fourth-order valence-electron chi connectivity index (χ4n) is 1.93. The van der Waals surface area contributed by atoms with Gasteiger partial charge in [-0.1, -0.05) is 42.3 Å². The fraction of sp³-hybridized carbons (Fsp3) is 0. The molecular weight excluding hydrogens is 262 g/mol. The number of carbonyl (C=O) groups excluding carboxylic acids is 1. The summed E-state index contributed by atoms with van der Waals surface area (Å²) in [6.07, 6.45) is 1.66. The Bertz CT molecular complexity index is 840. The number of benzene rings is 2. The Balaban J connectivity index is 1.83. The first-order valence-corrected chi connectivity index (χ1v) is 6.45. The van der Waals surface area contributed by atoms with Gasteiger partial charge >= 0.3 is 5.97 Å². The van der Waals surface area contributed by atoms with Gasteiger partial charge in [0, 0.05) is 23.1 Å². The van der Waals surface area contributed by atoms with Crippen LogP contribution in [0.15, 0.2) is 66.9 Å². The van der Waals surface area contributed by atoms with E-state index in [0.29, 0.717) is 11.3 Å². The zero-order valence-electron chi connectivity index (χ0n) is 11.1. The van der Waals surface area contributed by atoms with E-state index < -0.39 is 5.97 Å². The van der Waals surface area contributed by atoms with Crippen molar-refractivity contribution in [2.45, 2.75) is 0 Å². The van der Waals surface area contributed by atoms with Crippen LogP contribution in [0.2, 0.25) is 0 Å². The third kappa shape index (κ3) is 3.07. The Morgan fingerprint density at radius 2 is 1.76 bits per heavy atom. The third-order valence-electron chi connectivity index (χ3n) is 2.88. The highest BCUT2D eigenvalue weighted by molar-refractivity contribution is 5.94. The standard InChI is InChI=1S/C18H11NO2/c20-17(12-11-14-6-2-1-3-7-14)21-16-10-4-8-15-9-5-13-19-18(15)16/h1-10,13H. The van der Waals surface area contributed by atoms with Crippen LogP contribution in [0.5, 0.6) is 5.75 Å². The number of pyridine rings is 1. The maximum atomic E-state index is 11.8. The molecule has 0 bridgehead atoms. The highest BCUT2D eigenvalue weighted by atomic mass is 16.5. The lowest BCUT2D eigenvalue weighted by molar-refractivity contribution is -0.127. The van der Waals surface area contributed by atoms with E-state index in [1.165, 1.54) is 0 Å². The Morgan fingerprint density at radius 1 is 0.952 bits per heavy atom. The van der Waals surface area contributed by atoms with Crippen LogP contribution in [0, 0.1) is 11.8 Å². The topological polar surface area (TPSA) is 39.2 Å². The Kier molecular flexibility index (Phi) is 3.62. The average Bonchev–Trinajstić information content (AvgIpc) is 2.54. The maximum Gasteiger partial charge on any atom is 0.390 e. The second-order valence-electron chi connectivity index (χ2n) is 4.34. The van der Waals surface area contributed by atoms with Crippen molar-refractivity contribution >= 4 is 16.9 Å². The van der Waals surface area contributed by atoms with E-state index in [1.54, 1.807) is 12.3 Å². The van der Waals surface area contributed by atoms with Crippen molar-refractivity contribution in [3.63, 3.8) is 0 Å². The minimum Gasteiger partial charge on any atom is -0.415 e. The van der Waals surface area contributed by atoms with Gasteiger partial charge in [-0.05, 0) is 24.3 Å². The predicted octanol–water partition coefficient (Wildman–Crippen LogP) is 3.19. The van der Waals surface area contributed by atoms with E-state index in [1.807, 2.05) is 54.6 Å². The molecule has 3 rings (SSSR count). The van der Waals surface area contributed by atoms with Crippen molar-refractivity contribution in [3.05, 3.63) is 72.4 Å². The summed E-state index contributed by atoms with van der Waals surface area (Å²) in [4.78, 5) is 16.0. The highest BCUT2D eigenvalue weighted by Crippen LogP contribution is 2.22. The highest BCUT2D eigenvalue weighted by Gasteiger charge is 2.06. The van der Waals surface area contributed by atoms with E-state index in [0.717, 1.165) is 10.9 Å². The van der Waals surface area contributed by atoms with Crippen LogP contribution in [0.25, 0.3) is 10.9 Å². The molecule has 0 N–H and O–H groups in total. The number of hydrogen-bond donors (Lipinski definition) is 0. The van der Waals surface area contributed by atoms with Crippen molar-refractivity contribution in [3.8, 4) is 17.6 Å². The molecular formula is C18H11NO2. The number of esters is 1. The number of aromatic nitrogens is 1. The third-order valence-corrected chi connectivity index (χ3v) is 2.88. The second kappa shape index (κ2) is 5.89. The first kappa shape index (κ1) is 12.9. The molecule has 3 aromatic rings. The summed E-state index contributed by atoms with van der Waals surface area (Å²) in [5.41, 5.74) is 1.42. The van der Waals surface area contributed by atoms with E-state index in [4.69, 9.17) is 4.74 Å². The van der Waals surface area contributed by atoms with Gasteiger partial charge in [-0.3, -0.25) is 4.98 Å². The number of carbonyl (C=O) groups is 1. The number of rotatable bonds is 1. The molecule has 0 aliphatic rings. The van der Waals surface area contributed by atoms with Gasteiger partial charge in [-0.2, -0.15) is 0 Å². The van der Waals surface area contributed by atoms with Crippen LogP contribution in [-0.4, -0.2) is 11.0 Å². The van der Waals surface area contributed by atoms with E-state index >= 15 is 0 Å². The van der Waals surface area contributed by atoms with Crippen molar-refractivity contribution in [1.82, 2.24) is 4.98 Å². The summed E-state index contributed by atoms with van der Waals surface area (Å²) in [7, 11) is 0. The zero-order valence-corrected chi connectivity index (χ0v) is 11.1. The molecule has 3 nitrogen and oxygen atoms in total. The molecule has 0 aliphatic carbocycles. The predicted molar refractivity (Wildman–Crippen MR) is 80.7 cm³/mol. The largest absolute Gasteiger partial charge is 0.415 e. The van der Waals surface area contributed by atoms with Gasteiger partial charge in [0.25, 0.3) is 0 Å². The molecule has 21 heavy (non-hydrogen) atoms. The molecule has 0 spiro atoms. The molecule has 100 valence electrons. The van der Waals surface area contributed by atoms with Crippen molar-refractivity contribution < 1.29 is 9.53 Å². The monoisotopic (exact) mass is 273 g/mol. The molecule has 0 saturated heterocycles. The minimum absolute atomic E-state index is 0.417. The molecule has 2 aromatic carbocycles. The number of hydrogen-bond acceptors (Lipinski definition) is 3. The Morgan fingerprint density at radius 3 is 2.62 bits per heavy atom. The number of para-hydroxylation sites is 1. The Labute approximate surface area is 122 Å². The van der Waals surface area contributed by atoms with E-state index in [9.17, 15) is 4.79 Å². The summed E-state index contributed by atoms with van der Waals surface area (Å²) >= 11 is 0. The lowest BCUT2D eigenvalue weighted by Gasteiger charge is -2.03. The van der Waals surface area contributed by atoms with Crippen LogP contribution < -0.4 is 4.74 Å². The van der Waals surface area contributed by atoms with Gasteiger partial charge in [-0.25, -0.2) is 4.79 Å². The first-order chi connectivity index (χ1) is 10.3. The molecule has 0 radical (unpaired) electrons. The molecule has 0 unspecified atom stereocenters. The van der Waals surface area contributed by atoms with E-state index in [-0.39, 0.29) is 0 Å². The number of ether oxygens (including phenoxy) is 1. The van der Waals surface area contributed by atoms with Crippen LogP contribution in [0.3, 0.4) is 0 Å². The van der Waals surface area contributed by atoms with Crippen LogP contribution in [0.1, 0.15) is 5.56 Å². The van der Waals surface area contributed by atoms with Crippen molar-refractivity contribution in [2.75, 3.05) is 0 Å². The molecule has 0 fully saturated rings. The smallest absolute Gasteiger partial charge is 0.390 e. The molecule has 0 atom stereocenters. The summed E-state index contributed by atoms with van der Waals surface area (Å²) in [6, 6.07) is 18.5. The zero-order chi connectivity index (χ0) is 14.5.